The number of amides is 3. The molecule has 0 atom stereocenters. The zero-order chi connectivity index (χ0) is 57.3. The molecule has 0 aliphatic rings. The maximum absolute atomic E-state index is 11.8. The third-order valence-electron chi connectivity index (χ3n) is 9.74. The Kier molecular flexibility index (Phi) is 24.8. The smallest absolute Gasteiger partial charge is 0.507 e. The number of aliphatic carboxylic acids is 3. The fourth-order valence-electron chi connectivity index (χ4n) is 5.81. The van der Waals surface area contributed by atoms with Crippen LogP contribution >= 0.6 is 0 Å². The molecule has 79 heavy (non-hydrogen) atoms. The van der Waals surface area contributed by atoms with E-state index >= 15 is 0 Å². The molecule has 6 rings (SSSR count). The number of nitrogens with zero attached hydrogens (tertiary/aromatic N) is 6. The van der Waals surface area contributed by atoms with Crippen molar-refractivity contribution in [3.8, 4) is 17.2 Å². The maximum Gasteiger partial charge on any atom is 3.00 e. The van der Waals surface area contributed by atoms with Crippen LogP contribution in [0.25, 0.3) is 0 Å². The van der Waals surface area contributed by atoms with E-state index in [0.717, 1.165) is 0 Å². The molecule has 0 unspecified atom stereocenters. The van der Waals surface area contributed by atoms with Crippen LogP contribution in [-0.2, 0) is 14.4 Å². The molecule has 0 fully saturated rings. The molecule has 0 aromatic heterocycles. The molecule has 0 aliphatic carbocycles. The van der Waals surface area contributed by atoms with Crippen LogP contribution in [0.3, 0.4) is 0 Å². The van der Waals surface area contributed by atoms with Gasteiger partial charge in [0.1, 0.15) is 33.9 Å². The van der Waals surface area contributed by atoms with E-state index in [-0.39, 0.29) is 110 Å². The second-order valence-electron chi connectivity index (χ2n) is 15.5. The number of carbonyl (C=O) groups is 9. The standard InChI is InChI=1S/3C17H15N3O6.Ga/c3*21-14-6-5-12(9-13(14)17(25)26)20-19-11-3-1-10(2-4-11)16(24)18-8-7-15(22)23;/h3*1-6,9,21H,7-8H2,(H,18,24)(H,22,23)(H,25,26);/q;;;+3. The number of hydrogen-bond donors (Lipinski definition) is 12. The van der Waals surface area contributed by atoms with E-state index in [1.54, 1.807) is 0 Å². The summed E-state index contributed by atoms with van der Waals surface area (Å²) >= 11 is 0. The molecule has 3 amide bonds. The Balaban J connectivity index is 0.000000309. The summed E-state index contributed by atoms with van der Waals surface area (Å²) in [5.41, 5.74) is 2.19. The van der Waals surface area contributed by atoms with Gasteiger partial charge in [-0.2, -0.15) is 30.7 Å². The van der Waals surface area contributed by atoms with E-state index in [4.69, 9.17) is 30.6 Å². The molecule has 0 spiro atoms. The third-order valence-corrected chi connectivity index (χ3v) is 9.74. The summed E-state index contributed by atoms with van der Waals surface area (Å²) < 4.78 is 0. The van der Waals surface area contributed by atoms with E-state index in [9.17, 15) is 58.5 Å². The number of aromatic carboxylic acids is 3. The first kappa shape index (κ1) is 62.7. The molecule has 0 saturated heterocycles. The van der Waals surface area contributed by atoms with Crippen molar-refractivity contribution in [1.29, 1.82) is 0 Å². The number of nitrogens with one attached hydrogen (secondary N) is 3. The molecule has 402 valence electrons. The number of hydrogen-bond acceptors (Lipinski definition) is 18. The molecule has 0 radical (unpaired) electrons. The Hall–Kier alpha value is -10.6. The Morgan fingerprint density at radius 3 is 0.722 bits per heavy atom. The minimum atomic E-state index is -1.28. The van der Waals surface area contributed by atoms with Crippen LogP contribution < -0.4 is 16.0 Å². The summed E-state index contributed by atoms with van der Waals surface area (Å²) in [6, 6.07) is 29.7. The van der Waals surface area contributed by atoms with Crippen molar-refractivity contribution in [2.45, 2.75) is 19.3 Å². The van der Waals surface area contributed by atoms with E-state index in [1.807, 2.05) is 0 Å². The van der Waals surface area contributed by atoms with Crippen molar-refractivity contribution < 1.29 is 89.1 Å². The predicted molar refractivity (Wildman–Crippen MR) is 277 cm³/mol. The number of phenols is 3. The van der Waals surface area contributed by atoms with Gasteiger partial charge in [-0.25, -0.2) is 14.4 Å². The molecule has 0 saturated carbocycles. The van der Waals surface area contributed by atoms with Gasteiger partial charge >= 0.3 is 55.6 Å². The Morgan fingerprint density at radius 2 is 0.519 bits per heavy atom. The van der Waals surface area contributed by atoms with Gasteiger partial charge < -0.3 is 61.9 Å². The number of azo groups is 3. The monoisotopic (exact) mass is 1140 g/mol. The molecular formula is C51H45GaN9O18+3. The average molecular weight is 1140 g/mol. The zero-order valence-electron chi connectivity index (χ0n) is 40.8. The summed E-state index contributed by atoms with van der Waals surface area (Å²) in [5, 5.41) is 112. The fourth-order valence-corrected chi connectivity index (χ4v) is 5.81. The first-order chi connectivity index (χ1) is 37.1. The molecular weight excluding hydrogens is 1100 g/mol. The van der Waals surface area contributed by atoms with Crippen molar-refractivity contribution in [1.82, 2.24) is 16.0 Å². The maximum atomic E-state index is 11.8. The number of carbonyl (C=O) groups excluding carboxylic acids is 3. The Labute approximate surface area is 458 Å². The first-order valence-electron chi connectivity index (χ1n) is 22.3. The summed E-state index contributed by atoms with van der Waals surface area (Å²) in [7, 11) is 0. The molecule has 12 N–H and O–H groups in total. The minimum absolute atomic E-state index is 0. The van der Waals surface area contributed by atoms with Crippen molar-refractivity contribution in [2.75, 3.05) is 19.6 Å². The summed E-state index contributed by atoms with van der Waals surface area (Å²) in [6.45, 7) is 0.0904. The van der Waals surface area contributed by atoms with Gasteiger partial charge in [-0.1, -0.05) is 0 Å². The van der Waals surface area contributed by atoms with Gasteiger partial charge in [0.05, 0.1) is 53.4 Å². The second-order valence-corrected chi connectivity index (χ2v) is 15.5. The van der Waals surface area contributed by atoms with Crippen LogP contribution in [0, 0.1) is 0 Å². The van der Waals surface area contributed by atoms with E-state index in [0.29, 0.717) is 33.8 Å². The summed E-state index contributed by atoms with van der Waals surface area (Å²) in [6.07, 6.45) is -0.491. The van der Waals surface area contributed by atoms with Gasteiger partial charge in [0.2, 0.25) is 0 Å². The van der Waals surface area contributed by atoms with Crippen LogP contribution in [0.1, 0.15) is 81.4 Å². The number of aromatic hydroxyl groups is 3. The Morgan fingerprint density at radius 1 is 0.316 bits per heavy atom. The SMILES string of the molecule is O=C(O)CCNC(=O)c1ccc(N=Nc2ccc(O)c(C(=O)O)c2)cc1.O=C(O)CCNC(=O)c1ccc(N=Nc2ccc(O)c(C(=O)O)c2)cc1.O=C(O)CCNC(=O)c1ccc(N=Nc2ccc(O)c(C(=O)O)c2)cc1.[Ga+3]. The Bertz CT molecular complexity index is 2940. The molecule has 0 bridgehead atoms. The van der Waals surface area contributed by atoms with E-state index < -0.39 is 53.5 Å². The third kappa shape index (κ3) is 21.6. The van der Waals surface area contributed by atoms with Gasteiger partial charge in [0, 0.05) is 36.3 Å². The summed E-state index contributed by atoms with van der Waals surface area (Å²) in [5.74, 6) is -9.14. The fraction of sp³-hybridized carbons (Fsp3) is 0.118. The molecule has 6 aromatic carbocycles. The van der Waals surface area contributed by atoms with Crippen molar-refractivity contribution in [3.63, 3.8) is 0 Å². The number of benzene rings is 6. The zero-order valence-corrected chi connectivity index (χ0v) is 43.2. The van der Waals surface area contributed by atoms with Crippen LogP contribution in [0.2, 0.25) is 0 Å². The van der Waals surface area contributed by atoms with Crippen LogP contribution in [0.5, 0.6) is 17.2 Å². The summed E-state index contributed by atoms with van der Waals surface area (Å²) in [4.78, 5) is 99.5. The van der Waals surface area contributed by atoms with Crippen LogP contribution in [0.4, 0.5) is 34.1 Å². The first-order valence-corrected chi connectivity index (χ1v) is 22.3. The van der Waals surface area contributed by atoms with Crippen LogP contribution in [0.15, 0.2) is 158 Å². The number of carboxylic acid groups (broad SMARTS) is 6. The van der Waals surface area contributed by atoms with Gasteiger partial charge in [-0.05, 0) is 127 Å². The van der Waals surface area contributed by atoms with Gasteiger partial charge in [-0.3, -0.25) is 28.8 Å². The van der Waals surface area contributed by atoms with E-state index in [1.165, 1.54) is 127 Å². The second kappa shape index (κ2) is 31.3. The van der Waals surface area contributed by atoms with Gasteiger partial charge in [0.15, 0.2) is 0 Å². The molecule has 6 aromatic rings. The molecule has 28 heteroatoms. The van der Waals surface area contributed by atoms with E-state index in [2.05, 4.69) is 46.6 Å². The quantitative estimate of drug-likeness (QED) is 0.0242. The van der Waals surface area contributed by atoms with Gasteiger partial charge in [0.25, 0.3) is 17.7 Å². The van der Waals surface area contributed by atoms with Crippen molar-refractivity contribution >= 4 is 107 Å². The largest absolute Gasteiger partial charge is 3.00 e. The molecule has 27 nitrogen and oxygen atoms in total. The normalized spacial score (nSPS) is 10.5. The number of carboxylic acids is 6. The van der Waals surface area contributed by atoms with Gasteiger partial charge in [-0.15, -0.1) is 0 Å². The molecule has 0 heterocycles. The van der Waals surface area contributed by atoms with Crippen molar-refractivity contribution in [2.24, 2.45) is 30.7 Å². The van der Waals surface area contributed by atoms with Crippen molar-refractivity contribution in [3.05, 3.63) is 161 Å². The van der Waals surface area contributed by atoms with Crippen LogP contribution in [-0.4, -0.2) is 139 Å². The number of rotatable bonds is 21. The average Bonchev–Trinajstić information content (AvgIpc) is 3.40. The molecule has 0 aliphatic heterocycles. The minimum Gasteiger partial charge on any atom is -0.507 e. The predicted octanol–water partition coefficient (Wildman–Crippen LogP) is 7.75. The topological polar surface area (TPSA) is 446 Å².